The summed E-state index contributed by atoms with van der Waals surface area (Å²) in [6, 6.07) is 9.26. The molecule has 0 amide bonds. The summed E-state index contributed by atoms with van der Waals surface area (Å²) in [6.07, 6.45) is 3.86. The predicted molar refractivity (Wildman–Crippen MR) is 214 cm³/mol. The van der Waals surface area contributed by atoms with Crippen molar-refractivity contribution in [1.29, 1.82) is 0 Å². The van der Waals surface area contributed by atoms with E-state index in [1.807, 2.05) is 0 Å². The van der Waals surface area contributed by atoms with Gasteiger partial charge in [-0.3, -0.25) is 14.5 Å². The summed E-state index contributed by atoms with van der Waals surface area (Å²) in [5.41, 5.74) is 4.50. The molecule has 3 aromatic rings. The first-order valence-electron chi connectivity index (χ1n) is 17.4. The second kappa shape index (κ2) is 28.6. The van der Waals surface area contributed by atoms with Crippen LogP contribution in [0.1, 0.15) is 21.5 Å². The largest absolute Gasteiger partial charge is 0.496 e. The maximum Gasteiger partial charge on any atom is 0.341 e. The van der Waals surface area contributed by atoms with Crippen LogP contribution in [0.15, 0.2) is 61.7 Å². The zero-order chi connectivity index (χ0) is 45.0. The molecule has 0 radical (unpaired) electrons. The van der Waals surface area contributed by atoms with Crippen LogP contribution >= 0.6 is 0 Å². The highest BCUT2D eigenvalue weighted by Gasteiger charge is 2.17. The number of hydrogen-bond acceptors (Lipinski definition) is 17. The monoisotopic (exact) mass is 848 g/mol. The van der Waals surface area contributed by atoms with Gasteiger partial charge in [0.25, 0.3) is 0 Å². The number of carbonyl (C=O) groups is 4. The molecule has 0 atom stereocenters. The van der Waals surface area contributed by atoms with Gasteiger partial charge in [-0.05, 0) is 0 Å². The molecular weight excluding hydrogens is 796 g/mol. The van der Waals surface area contributed by atoms with Crippen molar-refractivity contribution in [2.45, 2.75) is 13.1 Å². The molecule has 60 heavy (non-hydrogen) atoms. The van der Waals surface area contributed by atoms with E-state index in [1.165, 1.54) is 54.8 Å². The highest BCUT2D eigenvalue weighted by atomic mass is 16.7. The van der Waals surface area contributed by atoms with Crippen molar-refractivity contribution in [3.63, 3.8) is 0 Å². The summed E-state index contributed by atoms with van der Waals surface area (Å²) in [6.45, 7) is 7.29. The first-order chi connectivity index (χ1) is 28.7. The predicted octanol–water partition coefficient (Wildman–Crippen LogP) is 4.07. The minimum absolute atomic E-state index is 0.248. The second-order valence-electron chi connectivity index (χ2n) is 11.3. The van der Waals surface area contributed by atoms with E-state index in [2.05, 4.69) is 18.6 Å². The van der Waals surface area contributed by atoms with Gasteiger partial charge in [-0.25, -0.2) is 14.4 Å². The fourth-order valence-corrected chi connectivity index (χ4v) is 4.66. The lowest BCUT2D eigenvalue weighted by atomic mass is 10.1. The van der Waals surface area contributed by atoms with Gasteiger partial charge in [-0.1, -0.05) is 12.2 Å². The van der Waals surface area contributed by atoms with Crippen molar-refractivity contribution in [3.05, 3.63) is 78.4 Å². The number of hydrogen-bond donors (Lipinski definition) is 4. The van der Waals surface area contributed by atoms with Gasteiger partial charge in [-0.2, -0.15) is 10.5 Å². The van der Waals surface area contributed by atoms with Crippen LogP contribution in [0.4, 0.5) is 0 Å². The summed E-state index contributed by atoms with van der Waals surface area (Å²) in [4.78, 5) is 52.8. The van der Waals surface area contributed by atoms with E-state index >= 15 is 0 Å². The standard InChI is InChI=1S/C15H21NO6.C14H19NO6.C11H12O6/c1-5-6-22-16(2)9-12-13(19-3)7-11(8-14(12)20-4)21-10-15(17)18;1-4-5-21-15-8-11-12(18-2)6-10(7-13(11)19-3)20-9-14(16)17;1-15-9-3-7(17-6-11(13)14)4-10(16-2)8(9)5-12/h5,7-8H,1,6,9-10H2,2-4H3,(H,17,18);4,6-7,15H,1,5,8-9H2,2-3H3,(H,16,17);3-5H,6H2,1-2H3,(H,13,14). The van der Waals surface area contributed by atoms with Gasteiger partial charge in [0, 0.05) is 43.4 Å². The molecule has 0 spiro atoms. The molecular formula is C40H52N2O18. The summed E-state index contributed by atoms with van der Waals surface area (Å²) in [5, 5.41) is 27.4. The molecule has 0 unspecified atom stereocenters. The van der Waals surface area contributed by atoms with Crippen molar-refractivity contribution in [2.75, 3.05) is 82.7 Å². The number of ether oxygens (including phenoxy) is 9. The Balaban J connectivity index is 0.000000454. The van der Waals surface area contributed by atoms with Crippen molar-refractivity contribution in [3.8, 4) is 51.7 Å². The molecule has 20 nitrogen and oxygen atoms in total. The number of hydroxylamine groups is 3. The van der Waals surface area contributed by atoms with Crippen LogP contribution in [0.3, 0.4) is 0 Å². The van der Waals surface area contributed by atoms with Gasteiger partial charge in [0.05, 0.1) is 85.7 Å². The minimum atomic E-state index is -1.10. The van der Waals surface area contributed by atoms with Gasteiger partial charge >= 0.3 is 17.9 Å². The van der Waals surface area contributed by atoms with Gasteiger partial charge in [0.1, 0.15) is 51.7 Å². The van der Waals surface area contributed by atoms with Crippen molar-refractivity contribution in [1.82, 2.24) is 10.5 Å². The van der Waals surface area contributed by atoms with Crippen LogP contribution in [-0.2, 0) is 37.1 Å². The number of benzene rings is 3. The number of nitrogens with zero attached hydrogens (tertiary/aromatic N) is 1. The van der Waals surface area contributed by atoms with Gasteiger partial charge < -0.3 is 58.0 Å². The normalized spacial score (nSPS) is 10.0. The third kappa shape index (κ3) is 18.2. The van der Waals surface area contributed by atoms with Gasteiger partial charge in [0.15, 0.2) is 26.1 Å². The van der Waals surface area contributed by atoms with Crippen LogP contribution in [-0.4, -0.2) is 127 Å². The smallest absolute Gasteiger partial charge is 0.341 e. The molecule has 0 saturated carbocycles. The Morgan fingerprint density at radius 1 is 0.600 bits per heavy atom. The Morgan fingerprint density at radius 2 is 0.950 bits per heavy atom. The fourth-order valence-electron chi connectivity index (χ4n) is 4.66. The number of aliphatic carboxylic acids is 3. The van der Waals surface area contributed by atoms with Crippen LogP contribution in [0.2, 0.25) is 0 Å². The Labute approximate surface area is 347 Å². The first-order valence-corrected chi connectivity index (χ1v) is 17.4. The van der Waals surface area contributed by atoms with E-state index in [1.54, 1.807) is 48.5 Å². The molecule has 0 heterocycles. The fraction of sp³-hybridized carbons (Fsp3) is 0.350. The van der Waals surface area contributed by atoms with E-state index in [4.69, 9.17) is 67.6 Å². The molecule has 4 N–H and O–H groups in total. The van der Waals surface area contributed by atoms with E-state index in [0.29, 0.717) is 67.1 Å². The van der Waals surface area contributed by atoms with Gasteiger partial charge in [0.2, 0.25) is 0 Å². The molecule has 0 fully saturated rings. The lowest BCUT2D eigenvalue weighted by Gasteiger charge is -2.20. The van der Waals surface area contributed by atoms with Crippen LogP contribution in [0.25, 0.3) is 0 Å². The lowest BCUT2D eigenvalue weighted by Crippen LogP contribution is -2.19. The Kier molecular flexibility index (Phi) is 24.5. The quantitative estimate of drug-likeness (QED) is 0.0385. The molecule has 3 rings (SSSR count). The first kappa shape index (κ1) is 51.3. The second-order valence-corrected chi connectivity index (χ2v) is 11.3. The maximum atomic E-state index is 10.8. The van der Waals surface area contributed by atoms with Crippen molar-refractivity contribution >= 4 is 24.2 Å². The third-order valence-electron chi connectivity index (χ3n) is 7.23. The summed E-state index contributed by atoms with van der Waals surface area (Å²) in [7, 11) is 10.6. The van der Waals surface area contributed by atoms with Crippen molar-refractivity contribution < 1.29 is 86.8 Å². The average Bonchev–Trinajstić information content (AvgIpc) is 3.24. The Morgan fingerprint density at radius 3 is 1.27 bits per heavy atom. The van der Waals surface area contributed by atoms with E-state index in [-0.39, 0.29) is 22.8 Å². The highest BCUT2D eigenvalue weighted by Crippen LogP contribution is 2.36. The number of rotatable bonds is 26. The lowest BCUT2D eigenvalue weighted by molar-refractivity contribution is -0.140. The van der Waals surface area contributed by atoms with Crippen LogP contribution in [0, 0.1) is 0 Å². The molecule has 0 bridgehead atoms. The number of carboxylic acid groups (broad SMARTS) is 3. The number of aldehydes is 1. The average molecular weight is 849 g/mol. The number of carboxylic acids is 3. The summed E-state index contributed by atoms with van der Waals surface area (Å²) < 4.78 is 46.4. The number of nitrogens with one attached hydrogen (secondary N) is 1. The molecule has 0 saturated heterocycles. The molecule has 0 aliphatic rings. The van der Waals surface area contributed by atoms with Crippen LogP contribution in [0.5, 0.6) is 51.7 Å². The number of carbonyl (C=O) groups excluding carboxylic acids is 1. The minimum Gasteiger partial charge on any atom is -0.496 e. The number of methoxy groups -OCH3 is 6. The maximum absolute atomic E-state index is 10.8. The molecule has 330 valence electrons. The molecule has 3 aromatic carbocycles. The Bertz CT molecular complexity index is 1780. The third-order valence-corrected chi connectivity index (χ3v) is 7.23. The van der Waals surface area contributed by atoms with Crippen LogP contribution < -0.4 is 48.1 Å². The summed E-state index contributed by atoms with van der Waals surface area (Å²) >= 11 is 0. The Hall–Kier alpha value is -6.74. The van der Waals surface area contributed by atoms with E-state index < -0.39 is 37.7 Å². The SMILES string of the molecule is C=CCON(C)Cc1c(OC)cc(OCC(=O)O)cc1OC.C=CCONCc1c(OC)cc(OCC(=O)O)cc1OC.COc1cc(OCC(=O)O)cc(OC)c1C=O. The van der Waals surface area contributed by atoms with E-state index in [9.17, 15) is 19.2 Å². The highest BCUT2D eigenvalue weighted by molar-refractivity contribution is 5.84. The molecule has 0 aliphatic heterocycles. The zero-order valence-electron chi connectivity index (χ0n) is 34.5. The molecule has 20 heteroatoms. The van der Waals surface area contributed by atoms with E-state index in [0.717, 1.165) is 11.1 Å². The molecule has 0 aliphatic carbocycles. The van der Waals surface area contributed by atoms with Gasteiger partial charge in [-0.15, -0.1) is 13.2 Å². The zero-order valence-corrected chi connectivity index (χ0v) is 34.5. The molecule has 0 aromatic heterocycles. The summed E-state index contributed by atoms with van der Waals surface area (Å²) in [5.74, 6) is 0.331. The van der Waals surface area contributed by atoms with Crippen molar-refractivity contribution in [2.24, 2.45) is 0 Å². The topological polar surface area (TPSA) is 246 Å².